The number of aromatic nitrogens is 1. The maximum Gasteiger partial charge on any atom is 0.336 e. The predicted molar refractivity (Wildman–Crippen MR) is 86.7 cm³/mol. The van der Waals surface area contributed by atoms with Gasteiger partial charge in [-0.25, -0.2) is 4.79 Å². The number of aryl methyl sites for hydroxylation is 1. The molecule has 2 aromatic carbocycles. The zero-order valence-electron chi connectivity index (χ0n) is 12.8. The minimum absolute atomic E-state index is 0.0425. The molecule has 0 atom stereocenters. The normalized spacial score (nSPS) is 9.54. The van der Waals surface area contributed by atoms with Gasteiger partial charge in [0.05, 0.1) is 11.8 Å². The van der Waals surface area contributed by atoms with E-state index in [0.29, 0.717) is 5.56 Å². The number of carbonyl (C=O) groups excluding carboxylic acids is 1. The van der Waals surface area contributed by atoms with E-state index in [2.05, 4.69) is 27.1 Å². The minimum atomic E-state index is -1.06. The summed E-state index contributed by atoms with van der Waals surface area (Å²) >= 11 is 0. The van der Waals surface area contributed by atoms with Crippen LogP contribution in [-0.2, 0) is 0 Å². The number of carbonyl (C=O) groups is 2. The fraction of sp³-hybridized carbons (Fsp3) is 0.0556. The van der Waals surface area contributed by atoms with Crippen molar-refractivity contribution in [3.63, 3.8) is 0 Å². The van der Waals surface area contributed by atoms with Crippen LogP contribution in [0.25, 0.3) is 0 Å². The van der Waals surface area contributed by atoms with Gasteiger partial charge >= 0.3 is 5.97 Å². The van der Waals surface area contributed by atoms with Gasteiger partial charge in [-0.3, -0.25) is 4.79 Å². The summed E-state index contributed by atoms with van der Waals surface area (Å²) in [4.78, 5) is 22.6. The van der Waals surface area contributed by atoms with Gasteiger partial charge in [-0.2, -0.15) is 0 Å². The lowest BCUT2D eigenvalue weighted by Crippen LogP contribution is -2.12. The molecular formula is C18H14N2O4. The molecule has 0 saturated carbocycles. The third-order valence-electron chi connectivity index (χ3n) is 2.91. The lowest BCUT2D eigenvalue weighted by molar-refractivity contribution is 0.0695. The zero-order valence-corrected chi connectivity index (χ0v) is 12.8. The number of nitrogens with one attached hydrogen (secondary N) is 1. The first-order valence-electron chi connectivity index (χ1n) is 6.96. The van der Waals surface area contributed by atoms with E-state index in [1.807, 2.05) is 30.3 Å². The highest BCUT2D eigenvalue weighted by molar-refractivity contribution is 6.02. The molecule has 2 N–H and O–H groups in total. The molecule has 0 aliphatic heterocycles. The van der Waals surface area contributed by atoms with E-state index < -0.39 is 11.9 Å². The van der Waals surface area contributed by atoms with E-state index in [1.54, 1.807) is 6.92 Å². The van der Waals surface area contributed by atoms with Crippen LogP contribution in [0.1, 0.15) is 26.5 Å². The lowest BCUT2D eigenvalue weighted by atomic mass is 10.1. The molecule has 0 saturated heterocycles. The van der Waals surface area contributed by atoms with Gasteiger partial charge in [0.25, 0.3) is 5.91 Å². The number of benzene rings is 2. The van der Waals surface area contributed by atoms with E-state index >= 15 is 0 Å². The third kappa shape index (κ3) is 4.81. The monoisotopic (exact) mass is 322 g/mol. The summed E-state index contributed by atoms with van der Waals surface area (Å²) in [6, 6.07) is 19.5. The molecule has 24 heavy (non-hydrogen) atoms. The van der Waals surface area contributed by atoms with Crippen LogP contribution in [-0.4, -0.2) is 22.1 Å². The predicted octanol–water partition coefficient (Wildman–Crippen LogP) is 3.22. The summed E-state index contributed by atoms with van der Waals surface area (Å²) in [7, 11) is 0. The standard InChI is InChI=1S/C12H9N2O4.C6H5/c1-7-2-3-8(6-9(7)12(16)17)14-11(15)10-4-5-13-18-10;1-2-4-6-5-3-1/h2,4-6H,1H3,(H,14,15)(H,16,17);1-5H. The molecule has 0 aliphatic rings. The summed E-state index contributed by atoms with van der Waals surface area (Å²) in [5, 5.41) is 14.8. The molecule has 1 aromatic heterocycles. The Morgan fingerprint density at radius 2 is 2.00 bits per heavy atom. The number of aromatic carboxylic acids is 1. The van der Waals surface area contributed by atoms with Gasteiger partial charge < -0.3 is 14.9 Å². The average Bonchev–Trinajstić information content (AvgIpc) is 3.13. The second kappa shape index (κ2) is 8.28. The number of carboxylic acid groups (broad SMARTS) is 1. The van der Waals surface area contributed by atoms with Crippen molar-refractivity contribution in [2.45, 2.75) is 6.92 Å². The Kier molecular flexibility index (Phi) is 5.85. The molecule has 120 valence electrons. The van der Waals surface area contributed by atoms with Crippen molar-refractivity contribution in [1.82, 2.24) is 5.16 Å². The minimum Gasteiger partial charge on any atom is -0.478 e. The van der Waals surface area contributed by atoms with Gasteiger partial charge in [0.15, 0.2) is 0 Å². The average molecular weight is 322 g/mol. The molecule has 0 unspecified atom stereocenters. The van der Waals surface area contributed by atoms with Crippen molar-refractivity contribution in [1.29, 1.82) is 0 Å². The van der Waals surface area contributed by atoms with Crippen LogP contribution < -0.4 is 5.32 Å². The topological polar surface area (TPSA) is 92.4 Å². The van der Waals surface area contributed by atoms with E-state index in [4.69, 9.17) is 5.11 Å². The fourth-order valence-electron chi connectivity index (χ4n) is 1.72. The Labute approximate surface area is 138 Å². The number of anilines is 1. The molecule has 0 fully saturated rings. The van der Waals surface area contributed by atoms with Gasteiger partial charge in [0.1, 0.15) is 0 Å². The number of nitrogens with zero attached hydrogens (tertiary/aromatic N) is 1. The van der Waals surface area contributed by atoms with Gasteiger partial charge in [0, 0.05) is 17.8 Å². The van der Waals surface area contributed by atoms with Crippen LogP contribution in [0.5, 0.6) is 0 Å². The van der Waals surface area contributed by atoms with Crippen molar-refractivity contribution >= 4 is 17.6 Å². The Morgan fingerprint density at radius 3 is 2.50 bits per heavy atom. The Morgan fingerprint density at radius 1 is 1.25 bits per heavy atom. The van der Waals surface area contributed by atoms with E-state index in [0.717, 1.165) is 0 Å². The Hall–Kier alpha value is -3.41. The number of hydrogen-bond donors (Lipinski definition) is 2. The summed E-state index contributed by atoms with van der Waals surface area (Å²) in [5.41, 5.74) is 0.946. The van der Waals surface area contributed by atoms with Crippen molar-refractivity contribution in [3.05, 3.63) is 83.7 Å². The van der Waals surface area contributed by atoms with Crippen LogP contribution in [0, 0.1) is 19.1 Å². The van der Waals surface area contributed by atoms with Crippen molar-refractivity contribution in [2.24, 2.45) is 0 Å². The van der Waals surface area contributed by atoms with Crippen LogP contribution in [0.15, 0.2) is 59.3 Å². The van der Waals surface area contributed by atoms with Crippen molar-refractivity contribution in [2.75, 3.05) is 5.32 Å². The smallest absolute Gasteiger partial charge is 0.336 e. The number of amides is 1. The first-order valence-corrected chi connectivity index (χ1v) is 6.96. The molecule has 1 heterocycles. The summed E-state index contributed by atoms with van der Waals surface area (Å²) in [5.74, 6) is -1.53. The molecule has 3 rings (SSSR count). The van der Waals surface area contributed by atoms with Crippen molar-refractivity contribution in [3.8, 4) is 0 Å². The quantitative estimate of drug-likeness (QED) is 0.772. The summed E-state index contributed by atoms with van der Waals surface area (Å²) < 4.78 is 4.68. The molecular weight excluding hydrogens is 308 g/mol. The fourth-order valence-corrected chi connectivity index (χ4v) is 1.72. The van der Waals surface area contributed by atoms with Crippen molar-refractivity contribution < 1.29 is 19.2 Å². The molecule has 6 nitrogen and oxygen atoms in total. The maximum atomic E-state index is 11.6. The highest BCUT2D eigenvalue weighted by atomic mass is 16.5. The molecule has 6 heteroatoms. The largest absolute Gasteiger partial charge is 0.478 e. The Balaban J connectivity index is 0.000000292. The van der Waals surface area contributed by atoms with Crippen LogP contribution >= 0.6 is 0 Å². The molecule has 1 amide bonds. The lowest BCUT2D eigenvalue weighted by Gasteiger charge is -2.05. The number of hydrogen-bond acceptors (Lipinski definition) is 4. The number of rotatable bonds is 3. The summed E-state index contributed by atoms with van der Waals surface area (Å²) in [6.07, 6.45) is 1.34. The maximum absolute atomic E-state index is 11.6. The van der Waals surface area contributed by atoms with E-state index in [-0.39, 0.29) is 17.0 Å². The van der Waals surface area contributed by atoms with E-state index in [1.165, 1.54) is 24.4 Å². The molecule has 0 aliphatic carbocycles. The highest BCUT2D eigenvalue weighted by Crippen LogP contribution is 2.15. The first kappa shape index (κ1) is 17.0. The van der Waals surface area contributed by atoms with Gasteiger partial charge in [0.2, 0.25) is 5.76 Å². The van der Waals surface area contributed by atoms with Gasteiger partial charge in [-0.15, -0.1) is 0 Å². The Bertz CT molecular complexity index is 772. The highest BCUT2D eigenvalue weighted by Gasteiger charge is 2.12. The number of carboxylic acids is 1. The van der Waals surface area contributed by atoms with Gasteiger partial charge in [-0.05, 0) is 30.7 Å². The zero-order chi connectivity index (χ0) is 17.4. The molecule has 0 bridgehead atoms. The van der Waals surface area contributed by atoms with Crippen LogP contribution in [0.2, 0.25) is 0 Å². The third-order valence-corrected chi connectivity index (χ3v) is 2.91. The van der Waals surface area contributed by atoms with E-state index in [9.17, 15) is 9.59 Å². The molecule has 3 aromatic rings. The SMILES string of the molecule is Cc1c[c]c(NC(=O)c2ccno2)cc1C(=O)O.[c]1ccccc1. The van der Waals surface area contributed by atoms with Crippen LogP contribution in [0.4, 0.5) is 5.69 Å². The second-order valence-electron chi connectivity index (χ2n) is 4.66. The van der Waals surface area contributed by atoms with Gasteiger partial charge in [-0.1, -0.05) is 35.5 Å². The molecule has 2 radical (unpaired) electrons. The first-order chi connectivity index (χ1) is 11.6. The second-order valence-corrected chi connectivity index (χ2v) is 4.66. The van der Waals surface area contributed by atoms with Crippen LogP contribution in [0.3, 0.4) is 0 Å². The summed E-state index contributed by atoms with van der Waals surface area (Å²) in [6.45, 7) is 1.65. The molecule has 0 spiro atoms.